The maximum absolute atomic E-state index is 10.4. The number of nitrogens with zero attached hydrogens (tertiary/aromatic N) is 2. The molecule has 0 aromatic rings. The molecule has 11 heavy (non-hydrogen) atoms. The number of amides is 2. The molecule has 0 aliphatic carbocycles. The van der Waals surface area contributed by atoms with E-state index in [0.717, 1.165) is 6.54 Å². The molecule has 0 fully saturated rings. The number of hydrogen-bond donors (Lipinski definition) is 2. The number of nitrogens with two attached hydrogens (primary N) is 1. The Hall–Kier alpha value is -0.520. The van der Waals surface area contributed by atoms with E-state index in [1.54, 1.807) is 19.1 Å². The Bertz CT molecular complexity index is 111. The molecule has 0 aromatic carbocycles. The van der Waals surface area contributed by atoms with Gasteiger partial charge in [0.15, 0.2) is 0 Å². The first-order valence-electron chi connectivity index (χ1n) is 2.83. The first-order valence-corrected chi connectivity index (χ1v) is 2.83. The van der Waals surface area contributed by atoms with Gasteiger partial charge in [0.25, 0.3) is 0 Å². The second-order valence-electron chi connectivity index (χ2n) is 1.84. The van der Waals surface area contributed by atoms with Gasteiger partial charge in [-0.2, -0.15) is 0 Å². The van der Waals surface area contributed by atoms with Gasteiger partial charge in [-0.05, 0) is 0 Å². The lowest BCUT2D eigenvalue weighted by atomic mass is 10.7. The Labute approximate surface area is 73.5 Å². The van der Waals surface area contributed by atoms with Crippen LogP contribution in [0.5, 0.6) is 0 Å². The van der Waals surface area contributed by atoms with Crippen LogP contribution in [0.15, 0.2) is 0 Å². The standard InChI is InChI=1S/C5H13N3O.ClH.H3N/c1-4-7(2)8(3)5(6)9;;/h4H2,1-3H3,(H2,6,9);1H;1H3. The SMILES string of the molecule is CCN(C)N(C)C(N)=O.Cl.N. The highest BCUT2D eigenvalue weighted by molar-refractivity contribution is 5.85. The van der Waals surface area contributed by atoms with Crippen molar-refractivity contribution in [3.63, 3.8) is 0 Å². The summed E-state index contributed by atoms with van der Waals surface area (Å²) in [4.78, 5) is 10.4. The van der Waals surface area contributed by atoms with E-state index in [9.17, 15) is 4.79 Å². The van der Waals surface area contributed by atoms with E-state index in [-0.39, 0.29) is 18.6 Å². The molecule has 0 bridgehead atoms. The minimum Gasteiger partial charge on any atom is -0.350 e. The molecule has 0 radical (unpaired) electrons. The molecule has 5 N–H and O–H groups in total. The Kier molecular flexibility index (Phi) is 11.6. The first-order chi connectivity index (χ1) is 4.09. The normalized spacial score (nSPS) is 8.00. The third-order valence-electron chi connectivity index (χ3n) is 1.29. The zero-order valence-electron chi connectivity index (χ0n) is 7.20. The highest BCUT2D eigenvalue weighted by Crippen LogP contribution is 1.86. The van der Waals surface area contributed by atoms with Crippen LogP contribution < -0.4 is 11.9 Å². The van der Waals surface area contributed by atoms with Crippen molar-refractivity contribution >= 4 is 18.4 Å². The van der Waals surface area contributed by atoms with Crippen molar-refractivity contribution in [3.05, 3.63) is 0 Å². The highest BCUT2D eigenvalue weighted by Gasteiger charge is 2.05. The molecule has 0 spiro atoms. The predicted molar refractivity (Wildman–Crippen MR) is 47.9 cm³/mol. The number of rotatable bonds is 2. The largest absolute Gasteiger partial charge is 0.350 e. The number of urea groups is 1. The molecule has 0 saturated heterocycles. The minimum atomic E-state index is -0.431. The molecule has 6 heteroatoms. The fourth-order valence-corrected chi connectivity index (χ4v) is 0.380. The molecule has 70 valence electrons. The number of hydrazine groups is 1. The van der Waals surface area contributed by atoms with Crippen LogP contribution in [-0.4, -0.2) is 36.7 Å². The van der Waals surface area contributed by atoms with Gasteiger partial charge in [-0.25, -0.2) is 9.80 Å². The Morgan fingerprint density at radius 1 is 1.45 bits per heavy atom. The highest BCUT2D eigenvalue weighted by atomic mass is 35.5. The summed E-state index contributed by atoms with van der Waals surface area (Å²) in [6.45, 7) is 2.72. The lowest BCUT2D eigenvalue weighted by molar-refractivity contribution is 0.0731. The van der Waals surface area contributed by atoms with Crippen LogP contribution >= 0.6 is 12.4 Å². The van der Waals surface area contributed by atoms with E-state index in [0.29, 0.717) is 0 Å². The maximum atomic E-state index is 10.4. The van der Waals surface area contributed by atoms with Crippen molar-refractivity contribution in [2.75, 3.05) is 20.6 Å². The van der Waals surface area contributed by atoms with Crippen molar-refractivity contribution in [3.8, 4) is 0 Å². The van der Waals surface area contributed by atoms with Gasteiger partial charge in [0, 0.05) is 20.6 Å². The first kappa shape index (κ1) is 16.8. The number of hydrogen-bond acceptors (Lipinski definition) is 3. The summed E-state index contributed by atoms with van der Waals surface area (Å²) in [7, 11) is 3.43. The molecule has 0 aliphatic heterocycles. The summed E-state index contributed by atoms with van der Waals surface area (Å²) >= 11 is 0. The molecule has 2 amide bonds. The smallest absolute Gasteiger partial charge is 0.329 e. The molecular weight excluding hydrogens is 168 g/mol. The Morgan fingerprint density at radius 3 is 1.91 bits per heavy atom. The lowest BCUT2D eigenvalue weighted by Crippen LogP contribution is -2.43. The third kappa shape index (κ3) is 5.90. The maximum Gasteiger partial charge on any atom is 0.329 e. The predicted octanol–water partition coefficient (Wildman–Crippen LogP) is 0.447. The summed E-state index contributed by atoms with van der Waals surface area (Å²) in [5.41, 5.74) is 4.96. The number of carbonyl (C=O) groups excluding carboxylic acids is 1. The van der Waals surface area contributed by atoms with E-state index in [1.165, 1.54) is 5.01 Å². The molecule has 0 heterocycles. The van der Waals surface area contributed by atoms with Crippen molar-refractivity contribution in [2.45, 2.75) is 6.92 Å². The summed E-state index contributed by atoms with van der Waals surface area (Å²) < 4.78 is 0. The van der Waals surface area contributed by atoms with Crippen molar-refractivity contribution in [2.24, 2.45) is 5.73 Å². The number of halogens is 1. The average Bonchev–Trinajstić information content (AvgIpc) is 1.84. The van der Waals surface area contributed by atoms with Gasteiger partial charge in [0.05, 0.1) is 0 Å². The Balaban J connectivity index is -0.000000320. The van der Waals surface area contributed by atoms with Crippen molar-refractivity contribution in [1.82, 2.24) is 16.2 Å². The van der Waals surface area contributed by atoms with Crippen LogP contribution in [0.3, 0.4) is 0 Å². The zero-order valence-corrected chi connectivity index (χ0v) is 8.02. The van der Waals surface area contributed by atoms with Gasteiger partial charge in [-0.15, -0.1) is 12.4 Å². The van der Waals surface area contributed by atoms with Crippen LogP contribution in [0.4, 0.5) is 4.79 Å². The Morgan fingerprint density at radius 2 is 1.82 bits per heavy atom. The molecule has 0 unspecified atom stereocenters. The zero-order chi connectivity index (χ0) is 7.44. The van der Waals surface area contributed by atoms with Crippen molar-refractivity contribution in [1.29, 1.82) is 0 Å². The van der Waals surface area contributed by atoms with Gasteiger partial charge < -0.3 is 11.9 Å². The lowest BCUT2D eigenvalue weighted by Gasteiger charge is -2.24. The average molecular weight is 185 g/mol. The van der Waals surface area contributed by atoms with Gasteiger partial charge >= 0.3 is 6.03 Å². The van der Waals surface area contributed by atoms with Gasteiger partial charge in [0.1, 0.15) is 0 Å². The van der Waals surface area contributed by atoms with E-state index in [4.69, 9.17) is 5.73 Å². The minimum absolute atomic E-state index is 0. The molecule has 0 aliphatic rings. The third-order valence-corrected chi connectivity index (χ3v) is 1.29. The second-order valence-corrected chi connectivity index (χ2v) is 1.84. The van der Waals surface area contributed by atoms with Crippen molar-refractivity contribution < 1.29 is 4.79 Å². The fourth-order valence-electron chi connectivity index (χ4n) is 0.380. The van der Waals surface area contributed by atoms with Crippen LogP contribution in [-0.2, 0) is 0 Å². The number of primary amides is 1. The van der Waals surface area contributed by atoms with E-state index >= 15 is 0 Å². The molecule has 5 nitrogen and oxygen atoms in total. The van der Waals surface area contributed by atoms with Crippen LogP contribution in [0.1, 0.15) is 6.92 Å². The van der Waals surface area contributed by atoms with Crippen LogP contribution in [0.2, 0.25) is 0 Å². The summed E-state index contributed by atoms with van der Waals surface area (Å²) in [5, 5.41) is 3.09. The quantitative estimate of drug-likeness (QED) is 0.611. The fraction of sp³-hybridized carbons (Fsp3) is 0.800. The van der Waals surface area contributed by atoms with E-state index in [1.807, 2.05) is 6.92 Å². The summed E-state index contributed by atoms with van der Waals surface area (Å²) in [5.74, 6) is 0. The molecular formula is C5H17ClN4O. The van der Waals surface area contributed by atoms with Gasteiger partial charge in [-0.1, -0.05) is 6.92 Å². The molecule has 0 aromatic heterocycles. The van der Waals surface area contributed by atoms with Gasteiger partial charge in [0.2, 0.25) is 0 Å². The second kappa shape index (κ2) is 7.59. The van der Waals surface area contributed by atoms with Gasteiger partial charge in [-0.3, -0.25) is 5.01 Å². The number of carbonyl (C=O) groups is 1. The van der Waals surface area contributed by atoms with Crippen LogP contribution in [0, 0.1) is 0 Å². The van der Waals surface area contributed by atoms with E-state index < -0.39 is 6.03 Å². The molecule has 0 saturated carbocycles. The molecule has 0 rings (SSSR count). The molecule has 0 atom stereocenters. The van der Waals surface area contributed by atoms with Crippen LogP contribution in [0.25, 0.3) is 0 Å². The summed E-state index contributed by atoms with van der Waals surface area (Å²) in [6.07, 6.45) is 0. The monoisotopic (exact) mass is 184 g/mol. The van der Waals surface area contributed by atoms with E-state index in [2.05, 4.69) is 0 Å². The summed E-state index contributed by atoms with van der Waals surface area (Å²) in [6, 6.07) is -0.431. The topological polar surface area (TPSA) is 84.6 Å².